The first-order valence-electron chi connectivity index (χ1n) is 6.38. The molecule has 0 radical (unpaired) electrons. The fourth-order valence-electron chi connectivity index (χ4n) is 1.76. The summed E-state index contributed by atoms with van der Waals surface area (Å²) in [7, 11) is 0. The quantitative estimate of drug-likeness (QED) is 0.584. The average molecular weight is 236 g/mol. The van der Waals surface area contributed by atoms with Crippen LogP contribution in [0.25, 0.3) is 0 Å². The first-order valence-corrected chi connectivity index (χ1v) is 6.38. The van der Waals surface area contributed by atoms with Crippen LogP contribution in [0.3, 0.4) is 0 Å². The van der Waals surface area contributed by atoms with E-state index in [4.69, 9.17) is 10.5 Å². The van der Waals surface area contributed by atoms with Crippen molar-refractivity contribution in [2.24, 2.45) is 0 Å². The van der Waals surface area contributed by atoms with Gasteiger partial charge in [0.25, 0.3) is 0 Å². The van der Waals surface area contributed by atoms with Crippen molar-refractivity contribution in [2.45, 2.75) is 27.2 Å². The summed E-state index contributed by atoms with van der Waals surface area (Å²) in [5, 5.41) is 0. The molecule has 0 fully saturated rings. The van der Waals surface area contributed by atoms with Crippen LogP contribution in [0, 0.1) is 6.92 Å². The number of aryl methyl sites for hydroxylation is 1. The Morgan fingerprint density at radius 3 is 2.53 bits per heavy atom. The Hall–Kier alpha value is -1.22. The Bertz CT molecular complexity index is 335. The lowest BCUT2D eigenvalue weighted by atomic mass is 10.2. The number of hydrogen-bond acceptors (Lipinski definition) is 3. The van der Waals surface area contributed by atoms with Crippen LogP contribution >= 0.6 is 0 Å². The molecule has 96 valence electrons. The number of ether oxygens (including phenoxy) is 1. The topological polar surface area (TPSA) is 38.5 Å². The molecule has 0 spiro atoms. The molecule has 0 amide bonds. The first-order chi connectivity index (χ1) is 8.17. The molecule has 0 aromatic heterocycles. The van der Waals surface area contributed by atoms with Gasteiger partial charge in [-0.25, -0.2) is 0 Å². The van der Waals surface area contributed by atoms with Gasteiger partial charge in [0.05, 0.1) is 6.61 Å². The third-order valence-corrected chi connectivity index (χ3v) is 3.02. The number of anilines is 1. The van der Waals surface area contributed by atoms with Crippen molar-refractivity contribution < 1.29 is 4.74 Å². The van der Waals surface area contributed by atoms with E-state index in [1.54, 1.807) is 0 Å². The summed E-state index contributed by atoms with van der Waals surface area (Å²) in [6, 6.07) is 5.82. The summed E-state index contributed by atoms with van der Waals surface area (Å²) >= 11 is 0. The molecule has 0 heterocycles. The zero-order valence-corrected chi connectivity index (χ0v) is 11.2. The second-order valence-electron chi connectivity index (χ2n) is 4.25. The molecule has 3 nitrogen and oxygen atoms in total. The van der Waals surface area contributed by atoms with Crippen molar-refractivity contribution in [3.63, 3.8) is 0 Å². The highest BCUT2D eigenvalue weighted by Gasteiger charge is 2.00. The third kappa shape index (κ3) is 4.65. The molecule has 1 aromatic rings. The second kappa shape index (κ2) is 7.17. The van der Waals surface area contributed by atoms with Gasteiger partial charge in [-0.05, 0) is 50.2 Å². The third-order valence-electron chi connectivity index (χ3n) is 3.02. The number of nitrogens with two attached hydrogens (primary N) is 1. The maximum atomic E-state index is 5.76. The molecule has 0 unspecified atom stereocenters. The largest absolute Gasteiger partial charge is 0.494 e. The van der Waals surface area contributed by atoms with Gasteiger partial charge in [0.2, 0.25) is 0 Å². The summed E-state index contributed by atoms with van der Waals surface area (Å²) < 4.78 is 5.70. The minimum Gasteiger partial charge on any atom is -0.494 e. The van der Waals surface area contributed by atoms with Crippen LogP contribution in [0.5, 0.6) is 5.75 Å². The van der Waals surface area contributed by atoms with E-state index in [9.17, 15) is 0 Å². The van der Waals surface area contributed by atoms with E-state index < -0.39 is 0 Å². The highest BCUT2D eigenvalue weighted by Crippen LogP contribution is 2.18. The highest BCUT2D eigenvalue weighted by molar-refractivity contribution is 5.49. The lowest BCUT2D eigenvalue weighted by Crippen LogP contribution is -2.25. The maximum Gasteiger partial charge on any atom is 0.119 e. The van der Waals surface area contributed by atoms with Crippen LogP contribution in [0.15, 0.2) is 18.2 Å². The standard InChI is InChI=1S/C14H24N2O/c1-4-16(5-2)9-6-10-17-13-7-8-14(15)12(3)11-13/h7-8,11H,4-6,9-10,15H2,1-3H3. The maximum absolute atomic E-state index is 5.76. The number of hydrogen-bond donors (Lipinski definition) is 1. The Balaban J connectivity index is 2.28. The minimum absolute atomic E-state index is 0.764. The van der Waals surface area contributed by atoms with E-state index in [0.29, 0.717) is 0 Å². The number of rotatable bonds is 7. The molecule has 1 rings (SSSR count). The predicted octanol–water partition coefficient (Wildman–Crippen LogP) is 2.69. The fraction of sp³-hybridized carbons (Fsp3) is 0.571. The predicted molar refractivity (Wildman–Crippen MR) is 73.5 cm³/mol. The molecule has 0 bridgehead atoms. The van der Waals surface area contributed by atoms with Gasteiger partial charge in [-0.3, -0.25) is 0 Å². The molecular formula is C14H24N2O. The summed E-state index contributed by atoms with van der Waals surface area (Å²) in [5.74, 6) is 0.913. The van der Waals surface area contributed by atoms with Crippen LogP contribution in [0.4, 0.5) is 5.69 Å². The van der Waals surface area contributed by atoms with Gasteiger partial charge in [0.15, 0.2) is 0 Å². The van der Waals surface area contributed by atoms with Crippen LogP contribution in [0.1, 0.15) is 25.8 Å². The van der Waals surface area contributed by atoms with E-state index in [1.807, 2.05) is 25.1 Å². The zero-order valence-electron chi connectivity index (χ0n) is 11.2. The zero-order chi connectivity index (χ0) is 12.7. The van der Waals surface area contributed by atoms with Crippen molar-refractivity contribution in [1.82, 2.24) is 4.90 Å². The molecule has 17 heavy (non-hydrogen) atoms. The van der Waals surface area contributed by atoms with E-state index in [0.717, 1.165) is 49.7 Å². The van der Waals surface area contributed by atoms with E-state index >= 15 is 0 Å². The molecule has 3 heteroatoms. The van der Waals surface area contributed by atoms with Crippen LogP contribution in [0.2, 0.25) is 0 Å². The average Bonchev–Trinajstić information content (AvgIpc) is 2.34. The van der Waals surface area contributed by atoms with E-state index in [-0.39, 0.29) is 0 Å². The van der Waals surface area contributed by atoms with E-state index in [2.05, 4.69) is 18.7 Å². The minimum atomic E-state index is 0.764. The molecule has 0 aliphatic carbocycles. The van der Waals surface area contributed by atoms with Gasteiger partial charge in [0, 0.05) is 12.2 Å². The van der Waals surface area contributed by atoms with Crippen LogP contribution in [-0.4, -0.2) is 31.1 Å². The Morgan fingerprint density at radius 1 is 1.24 bits per heavy atom. The lowest BCUT2D eigenvalue weighted by Gasteiger charge is -2.17. The first kappa shape index (κ1) is 13.8. The summed E-state index contributed by atoms with van der Waals surface area (Å²) in [4.78, 5) is 2.40. The normalized spacial score (nSPS) is 10.8. The van der Waals surface area contributed by atoms with Crippen molar-refractivity contribution in [3.8, 4) is 5.75 Å². The summed E-state index contributed by atoms with van der Waals surface area (Å²) in [5.41, 5.74) is 7.65. The number of nitrogens with zero attached hydrogens (tertiary/aromatic N) is 1. The van der Waals surface area contributed by atoms with Crippen molar-refractivity contribution in [1.29, 1.82) is 0 Å². The molecule has 1 aromatic carbocycles. The summed E-state index contributed by atoms with van der Waals surface area (Å²) in [6.07, 6.45) is 1.06. The highest BCUT2D eigenvalue weighted by atomic mass is 16.5. The Morgan fingerprint density at radius 2 is 1.94 bits per heavy atom. The Kier molecular flexibility index (Phi) is 5.84. The van der Waals surface area contributed by atoms with Gasteiger partial charge < -0.3 is 15.4 Å². The van der Waals surface area contributed by atoms with Crippen molar-refractivity contribution in [2.75, 3.05) is 32.0 Å². The lowest BCUT2D eigenvalue weighted by molar-refractivity contribution is 0.249. The van der Waals surface area contributed by atoms with Gasteiger partial charge in [-0.1, -0.05) is 13.8 Å². The van der Waals surface area contributed by atoms with Gasteiger partial charge >= 0.3 is 0 Å². The fourth-order valence-corrected chi connectivity index (χ4v) is 1.76. The molecule has 0 saturated heterocycles. The SMILES string of the molecule is CCN(CC)CCCOc1ccc(N)c(C)c1. The molecule has 0 atom stereocenters. The molecule has 0 saturated carbocycles. The van der Waals surface area contributed by atoms with Crippen molar-refractivity contribution >= 4 is 5.69 Å². The smallest absolute Gasteiger partial charge is 0.119 e. The molecule has 0 aliphatic heterocycles. The second-order valence-corrected chi connectivity index (χ2v) is 4.25. The Labute approximate surface area is 105 Å². The summed E-state index contributed by atoms with van der Waals surface area (Å²) in [6.45, 7) is 10.5. The van der Waals surface area contributed by atoms with Crippen LogP contribution in [-0.2, 0) is 0 Å². The molecule has 2 N–H and O–H groups in total. The molecule has 0 aliphatic rings. The number of nitrogen functional groups attached to an aromatic ring is 1. The van der Waals surface area contributed by atoms with Gasteiger partial charge in [0.1, 0.15) is 5.75 Å². The van der Waals surface area contributed by atoms with Gasteiger partial charge in [-0.15, -0.1) is 0 Å². The van der Waals surface area contributed by atoms with E-state index in [1.165, 1.54) is 0 Å². The monoisotopic (exact) mass is 236 g/mol. The number of benzene rings is 1. The van der Waals surface area contributed by atoms with Crippen molar-refractivity contribution in [3.05, 3.63) is 23.8 Å². The van der Waals surface area contributed by atoms with Crippen LogP contribution < -0.4 is 10.5 Å². The molecular weight excluding hydrogens is 212 g/mol. The van der Waals surface area contributed by atoms with Gasteiger partial charge in [-0.2, -0.15) is 0 Å².